The van der Waals surface area contributed by atoms with Gasteiger partial charge in [-0.2, -0.15) is 12.8 Å². The van der Waals surface area contributed by atoms with Gasteiger partial charge in [0.15, 0.2) is 0 Å². The van der Waals surface area contributed by atoms with Crippen LogP contribution < -0.4 is 4.74 Å². The van der Waals surface area contributed by atoms with Gasteiger partial charge in [-0.1, -0.05) is 38.3 Å². The van der Waals surface area contributed by atoms with E-state index in [0.29, 0.717) is 0 Å². The molecule has 0 N–H and O–H groups in total. The second kappa shape index (κ2) is 9.31. The monoisotopic (exact) mass is 372 g/mol. The van der Waals surface area contributed by atoms with Crippen LogP contribution in [-0.2, 0) is 0 Å². The molecule has 0 saturated heterocycles. The minimum absolute atomic E-state index is 0. The first-order valence-corrected chi connectivity index (χ1v) is 6.94. The summed E-state index contributed by atoms with van der Waals surface area (Å²) in [6.45, 7) is 3.03. The Hall–Kier alpha value is 0.384. The molecule has 0 atom stereocenters. The van der Waals surface area contributed by atoms with Crippen LogP contribution >= 0.6 is 0 Å². The van der Waals surface area contributed by atoms with Crippen LogP contribution in [0.3, 0.4) is 0 Å². The first-order chi connectivity index (χ1) is 8.40. The molecule has 0 spiro atoms. The third-order valence-electron chi connectivity index (χ3n) is 3.56. The first kappa shape index (κ1) is 16.4. The van der Waals surface area contributed by atoms with E-state index in [9.17, 15) is 0 Å². The van der Waals surface area contributed by atoms with E-state index in [0.717, 1.165) is 24.7 Å². The summed E-state index contributed by atoms with van der Waals surface area (Å²) in [5.74, 6) is 1.79. The normalized spacial score (nSPS) is 16.1. The number of hydrogen-bond donors (Lipinski definition) is 0. The van der Waals surface area contributed by atoms with Crippen molar-refractivity contribution in [2.45, 2.75) is 51.4 Å². The molecular weight excluding hydrogens is 349 g/mol. The van der Waals surface area contributed by atoms with Gasteiger partial charge in [0.25, 0.3) is 0 Å². The number of hydrogen-bond acceptors (Lipinski definition) is 1. The number of ether oxygens (including phenoxy) is 1. The molecule has 97 valence electrons. The van der Waals surface area contributed by atoms with E-state index in [1.165, 1.54) is 37.7 Å². The van der Waals surface area contributed by atoms with Gasteiger partial charge in [-0.3, -0.25) is 0 Å². The fourth-order valence-corrected chi connectivity index (χ4v) is 2.43. The molecule has 2 heteroatoms. The first-order valence-electron chi connectivity index (χ1n) is 6.94. The van der Waals surface area contributed by atoms with Crippen LogP contribution in [0.1, 0.15) is 56.9 Å². The van der Waals surface area contributed by atoms with Gasteiger partial charge < -0.3 is 11.2 Å². The minimum atomic E-state index is 0. The van der Waals surface area contributed by atoms with E-state index >= 15 is 0 Å². The average Bonchev–Trinajstić information content (AvgIpc) is 2.41. The van der Waals surface area contributed by atoms with Crippen LogP contribution in [-0.4, -0.2) is 6.61 Å². The summed E-state index contributed by atoms with van der Waals surface area (Å²) in [7, 11) is 0. The average molecular weight is 372 g/mol. The Labute approximate surface area is 145 Å². The van der Waals surface area contributed by atoms with Crippen molar-refractivity contribution < 1.29 is 46.0 Å². The fourth-order valence-electron chi connectivity index (χ4n) is 2.43. The van der Waals surface area contributed by atoms with Gasteiger partial charge in [-0.25, -0.2) is 0 Å². The summed E-state index contributed by atoms with van der Waals surface area (Å²) in [6, 6.07) is 8.75. The number of benzene rings is 1. The summed E-state index contributed by atoms with van der Waals surface area (Å²) >= 11 is 0. The second-order valence-electron chi connectivity index (χ2n) is 4.91. The van der Waals surface area contributed by atoms with Crippen molar-refractivity contribution in [1.82, 2.24) is 0 Å². The summed E-state index contributed by atoms with van der Waals surface area (Å²) in [5, 5.41) is 0. The predicted octanol–water partition coefficient (Wildman–Crippen LogP) is 4.73. The van der Waals surface area contributed by atoms with Crippen molar-refractivity contribution in [3.8, 4) is 5.75 Å². The molecule has 1 aliphatic rings. The summed E-state index contributed by atoms with van der Waals surface area (Å²) < 4.78 is 5.68. The van der Waals surface area contributed by atoms with Crippen LogP contribution in [0.2, 0.25) is 0 Å². The van der Waals surface area contributed by atoms with E-state index in [1.54, 1.807) is 0 Å². The summed E-state index contributed by atoms with van der Waals surface area (Å²) in [6.07, 6.45) is 9.93. The zero-order valence-electron chi connectivity index (χ0n) is 11.4. The van der Waals surface area contributed by atoms with Crippen molar-refractivity contribution in [2.24, 2.45) is 0 Å². The van der Waals surface area contributed by atoms with E-state index in [4.69, 9.17) is 4.74 Å². The van der Waals surface area contributed by atoms with Gasteiger partial charge in [0.2, 0.25) is 0 Å². The molecule has 1 fully saturated rings. The van der Waals surface area contributed by atoms with Gasteiger partial charge in [0.1, 0.15) is 5.75 Å². The maximum Gasteiger partial charge on any atom is 0.119 e. The van der Waals surface area contributed by atoms with Crippen molar-refractivity contribution >= 4 is 0 Å². The van der Waals surface area contributed by atoms with Crippen LogP contribution in [0.15, 0.2) is 24.3 Å². The Kier molecular flexibility index (Phi) is 8.51. The molecule has 0 heterocycles. The van der Waals surface area contributed by atoms with Crippen molar-refractivity contribution in [2.75, 3.05) is 6.61 Å². The standard InChI is InChI=1S/C16H23O.Pr/c1-2-3-13-17-16-11-9-15(10-12-16)14-7-5-4-6-8-14;/h4,9-12,14H,2-3,5-8,13H2,1H3;/q-1;. The van der Waals surface area contributed by atoms with E-state index in [1.807, 2.05) is 0 Å². The largest absolute Gasteiger partial charge is 0.494 e. The quantitative estimate of drug-likeness (QED) is 0.537. The van der Waals surface area contributed by atoms with Crippen molar-refractivity contribution in [1.29, 1.82) is 0 Å². The van der Waals surface area contributed by atoms with Gasteiger partial charge in [-0.15, -0.1) is 0 Å². The molecule has 1 radical (unpaired) electrons. The summed E-state index contributed by atoms with van der Waals surface area (Å²) in [5.41, 5.74) is 1.49. The van der Waals surface area contributed by atoms with Gasteiger partial charge in [0.05, 0.1) is 6.61 Å². The molecule has 18 heavy (non-hydrogen) atoms. The molecule has 0 bridgehead atoms. The Bertz CT molecular complexity index is 314. The van der Waals surface area contributed by atoms with Gasteiger partial charge >= 0.3 is 0 Å². The topological polar surface area (TPSA) is 9.23 Å². The Morgan fingerprint density at radius 2 is 1.83 bits per heavy atom. The number of unbranched alkanes of at least 4 members (excludes halogenated alkanes) is 1. The van der Waals surface area contributed by atoms with Crippen molar-refractivity contribution in [3.05, 3.63) is 36.2 Å². The Morgan fingerprint density at radius 3 is 2.44 bits per heavy atom. The molecule has 0 aliphatic heterocycles. The molecule has 1 nitrogen and oxygen atoms in total. The van der Waals surface area contributed by atoms with Crippen LogP contribution in [0.4, 0.5) is 0 Å². The molecule has 0 aromatic heterocycles. The Morgan fingerprint density at radius 1 is 1.17 bits per heavy atom. The van der Waals surface area contributed by atoms with E-state index < -0.39 is 0 Å². The SMILES string of the molecule is CCCCOc1ccc(C2CC[CH-]CC2)cc1.[Pr]. The maximum absolute atomic E-state index is 5.68. The zero-order chi connectivity index (χ0) is 11.9. The van der Waals surface area contributed by atoms with Gasteiger partial charge in [0, 0.05) is 41.3 Å². The Balaban J connectivity index is 0.00000162. The smallest absolute Gasteiger partial charge is 0.119 e. The van der Waals surface area contributed by atoms with Crippen LogP contribution in [0.5, 0.6) is 5.75 Å². The summed E-state index contributed by atoms with van der Waals surface area (Å²) in [4.78, 5) is 0. The molecule has 1 saturated carbocycles. The minimum Gasteiger partial charge on any atom is -0.494 e. The van der Waals surface area contributed by atoms with Crippen LogP contribution in [0.25, 0.3) is 0 Å². The molecule has 1 aromatic carbocycles. The second-order valence-corrected chi connectivity index (χ2v) is 4.91. The predicted molar refractivity (Wildman–Crippen MR) is 72.4 cm³/mol. The number of rotatable bonds is 5. The molecule has 1 aliphatic carbocycles. The van der Waals surface area contributed by atoms with E-state index in [-0.39, 0.29) is 41.3 Å². The molecule has 1 aromatic rings. The molecule has 0 unspecified atom stereocenters. The maximum atomic E-state index is 5.68. The van der Waals surface area contributed by atoms with E-state index in [2.05, 4.69) is 37.6 Å². The zero-order valence-corrected chi connectivity index (χ0v) is 15.1. The molecule has 2 rings (SSSR count). The van der Waals surface area contributed by atoms with Gasteiger partial charge in [-0.05, 0) is 30.0 Å². The molecular formula is C16H23OPr-. The van der Waals surface area contributed by atoms with Crippen molar-refractivity contribution in [3.63, 3.8) is 0 Å². The third-order valence-corrected chi connectivity index (χ3v) is 3.56. The van der Waals surface area contributed by atoms with Crippen LogP contribution in [0, 0.1) is 47.7 Å². The molecule has 0 amide bonds. The third kappa shape index (κ3) is 5.17. The fraction of sp³-hybridized carbons (Fsp3) is 0.562.